The zero-order valence-corrected chi connectivity index (χ0v) is 14.9. The van der Waals surface area contributed by atoms with Crippen LogP contribution in [0.25, 0.3) is 0 Å². The summed E-state index contributed by atoms with van der Waals surface area (Å²) in [6, 6.07) is 10.6. The molecule has 3 nitrogen and oxygen atoms in total. The molecule has 1 aliphatic carbocycles. The van der Waals surface area contributed by atoms with Crippen molar-refractivity contribution in [2.24, 2.45) is 5.73 Å². The van der Waals surface area contributed by atoms with E-state index in [1.54, 1.807) is 0 Å². The van der Waals surface area contributed by atoms with Gasteiger partial charge >= 0.3 is 0 Å². The Bertz CT molecular complexity index is 527. The molecule has 3 rings (SSSR count). The topological polar surface area (TPSA) is 46.3 Å². The van der Waals surface area contributed by atoms with Crippen molar-refractivity contribution in [2.75, 3.05) is 13.1 Å². The molecule has 4 heteroatoms. The van der Waals surface area contributed by atoms with E-state index >= 15 is 0 Å². The molecule has 1 aliphatic heterocycles. The Kier molecular flexibility index (Phi) is 5.74. The first-order valence-electron chi connectivity index (χ1n) is 8.67. The molecule has 128 valence electrons. The molecule has 1 aromatic carbocycles. The molecule has 0 bridgehead atoms. The highest BCUT2D eigenvalue weighted by molar-refractivity contribution is 5.86. The number of halogens is 1. The number of benzene rings is 1. The zero-order valence-electron chi connectivity index (χ0n) is 14.1. The van der Waals surface area contributed by atoms with Crippen LogP contribution < -0.4 is 5.73 Å². The van der Waals surface area contributed by atoms with E-state index in [4.69, 9.17) is 5.73 Å². The van der Waals surface area contributed by atoms with Crippen molar-refractivity contribution >= 4 is 18.3 Å². The molecule has 1 heterocycles. The van der Waals surface area contributed by atoms with Gasteiger partial charge in [-0.15, -0.1) is 12.4 Å². The number of hydrogen-bond donors (Lipinski definition) is 1. The Morgan fingerprint density at radius 3 is 2.35 bits per heavy atom. The zero-order chi connectivity index (χ0) is 15.6. The Labute approximate surface area is 146 Å². The van der Waals surface area contributed by atoms with Gasteiger partial charge in [-0.05, 0) is 31.2 Å². The van der Waals surface area contributed by atoms with Crippen molar-refractivity contribution in [3.8, 4) is 0 Å². The monoisotopic (exact) mass is 336 g/mol. The summed E-state index contributed by atoms with van der Waals surface area (Å²) in [5.41, 5.74) is 7.26. The van der Waals surface area contributed by atoms with Crippen LogP contribution in [-0.4, -0.2) is 29.4 Å². The number of likely N-dealkylation sites (tertiary alicyclic amines) is 1. The molecule has 1 atom stereocenters. The first kappa shape index (κ1) is 18.3. The van der Waals surface area contributed by atoms with E-state index in [1.165, 1.54) is 12.0 Å². The minimum Gasteiger partial charge on any atom is -0.340 e. The van der Waals surface area contributed by atoms with Crippen LogP contribution in [0.15, 0.2) is 30.3 Å². The Balaban J connectivity index is 0.00000192. The second-order valence-electron chi connectivity index (χ2n) is 7.47. The lowest BCUT2D eigenvalue weighted by Crippen LogP contribution is -2.59. The Morgan fingerprint density at radius 1 is 1.04 bits per heavy atom. The summed E-state index contributed by atoms with van der Waals surface area (Å²) in [6.07, 6.45) is 7.30. The van der Waals surface area contributed by atoms with Crippen molar-refractivity contribution in [3.05, 3.63) is 35.9 Å². The lowest BCUT2D eigenvalue weighted by molar-refractivity contribution is -0.140. The molecule has 1 saturated heterocycles. The summed E-state index contributed by atoms with van der Waals surface area (Å²) in [4.78, 5) is 15.0. The first-order chi connectivity index (χ1) is 10.5. The van der Waals surface area contributed by atoms with Crippen LogP contribution in [0.2, 0.25) is 0 Å². The first-order valence-corrected chi connectivity index (χ1v) is 8.67. The van der Waals surface area contributed by atoms with E-state index in [9.17, 15) is 4.79 Å². The maximum absolute atomic E-state index is 13.0. The highest BCUT2D eigenvalue weighted by Gasteiger charge is 2.42. The van der Waals surface area contributed by atoms with E-state index in [1.807, 2.05) is 4.90 Å². The molecule has 0 radical (unpaired) electrons. The van der Waals surface area contributed by atoms with Crippen LogP contribution in [0, 0.1) is 0 Å². The number of amides is 1. The molecular formula is C19H29ClN2O. The predicted molar refractivity (Wildman–Crippen MR) is 96.9 cm³/mol. The van der Waals surface area contributed by atoms with Crippen molar-refractivity contribution < 1.29 is 4.79 Å². The van der Waals surface area contributed by atoms with Gasteiger partial charge in [0.2, 0.25) is 5.91 Å². The second-order valence-corrected chi connectivity index (χ2v) is 7.47. The van der Waals surface area contributed by atoms with Crippen molar-refractivity contribution in [1.29, 1.82) is 0 Å². The number of rotatable bonds is 2. The fourth-order valence-corrected chi connectivity index (χ4v) is 4.20. The third-order valence-corrected chi connectivity index (χ3v) is 5.63. The van der Waals surface area contributed by atoms with E-state index in [-0.39, 0.29) is 23.7 Å². The lowest BCUT2D eigenvalue weighted by atomic mass is 9.74. The molecule has 1 saturated carbocycles. The number of hydrogen-bond acceptors (Lipinski definition) is 2. The summed E-state index contributed by atoms with van der Waals surface area (Å²) < 4.78 is 0. The molecule has 1 aromatic rings. The van der Waals surface area contributed by atoms with Gasteiger partial charge in [-0.25, -0.2) is 0 Å². The average molecular weight is 337 g/mol. The van der Waals surface area contributed by atoms with Gasteiger partial charge in [0.05, 0.1) is 5.54 Å². The Morgan fingerprint density at radius 2 is 1.70 bits per heavy atom. The maximum atomic E-state index is 13.0. The van der Waals surface area contributed by atoms with Gasteiger partial charge in [0.25, 0.3) is 0 Å². The third kappa shape index (κ3) is 3.72. The van der Waals surface area contributed by atoms with E-state index < -0.39 is 5.54 Å². The largest absolute Gasteiger partial charge is 0.340 e. The molecule has 1 amide bonds. The summed E-state index contributed by atoms with van der Waals surface area (Å²) in [6.45, 7) is 3.95. The van der Waals surface area contributed by atoms with Crippen molar-refractivity contribution in [2.45, 2.75) is 62.8 Å². The average Bonchev–Trinajstić information content (AvgIpc) is 2.56. The molecule has 0 spiro atoms. The van der Waals surface area contributed by atoms with Gasteiger partial charge in [-0.3, -0.25) is 4.79 Å². The van der Waals surface area contributed by atoms with E-state index in [2.05, 4.69) is 37.3 Å². The maximum Gasteiger partial charge on any atom is 0.242 e. The smallest absolute Gasteiger partial charge is 0.242 e. The van der Waals surface area contributed by atoms with Crippen LogP contribution in [0.3, 0.4) is 0 Å². The Hall–Kier alpha value is -1.06. The molecular weight excluding hydrogens is 308 g/mol. The molecule has 2 fully saturated rings. The number of carbonyl (C=O) groups is 1. The molecule has 2 N–H and O–H groups in total. The minimum atomic E-state index is -0.604. The molecule has 2 aliphatic rings. The third-order valence-electron chi connectivity index (χ3n) is 5.63. The molecule has 23 heavy (non-hydrogen) atoms. The SMILES string of the molecule is CC1(c2ccccc2)CCCN(C(=O)C2(N)CCCCC2)C1.Cl. The van der Waals surface area contributed by atoms with Gasteiger partial charge in [0.15, 0.2) is 0 Å². The fourth-order valence-electron chi connectivity index (χ4n) is 4.20. The lowest BCUT2D eigenvalue weighted by Gasteiger charge is -2.45. The molecule has 1 unspecified atom stereocenters. The number of nitrogens with two attached hydrogens (primary N) is 1. The summed E-state index contributed by atoms with van der Waals surface area (Å²) in [5, 5.41) is 0. The normalized spacial score (nSPS) is 27.1. The highest BCUT2D eigenvalue weighted by Crippen LogP contribution is 2.36. The van der Waals surface area contributed by atoms with Gasteiger partial charge in [0, 0.05) is 18.5 Å². The van der Waals surface area contributed by atoms with Crippen LogP contribution in [0.1, 0.15) is 57.4 Å². The summed E-state index contributed by atoms with van der Waals surface area (Å²) in [7, 11) is 0. The minimum absolute atomic E-state index is 0. The second kappa shape index (κ2) is 7.23. The number of carbonyl (C=O) groups excluding carboxylic acids is 1. The summed E-state index contributed by atoms with van der Waals surface area (Å²) in [5.74, 6) is 0.189. The molecule has 0 aromatic heterocycles. The van der Waals surface area contributed by atoms with Crippen LogP contribution in [0.5, 0.6) is 0 Å². The van der Waals surface area contributed by atoms with Gasteiger partial charge in [0.1, 0.15) is 0 Å². The number of nitrogens with zero attached hydrogens (tertiary/aromatic N) is 1. The van der Waals surface area contributed by atoms with Crippen LogP contribution in [-0.2, 0) is 10.2 Å². The summed E-state index contributed by atoms with van der Waals surface area (Å²) >= 11 is 0. The van der Waals surface area contributed by atoms with Crippen LogP contribution in [0.4, 0.5) is 0 Å². The number of piperidine rings is 1. The standard InChI is InChI=1S/C19H28N2O.ClH/c1-18(16-9-4-2-5-10-16)11-8-14-21(15-18)17(22)19(20)12-6-3-7-13-19;/h2,4-5,9-10H,3,6-8,11-15,20H2,1H3;1H. The predicted octanol–water partition coefficient (Wildman–Crippen LogP) is 3.65. The van der Waals surface area contributed by atoms with Gasteiger partial charge < -0.3 is 10.6 Å². The quantitative estimate of drug-likeness (QED) is 0.896. The van der Waals surface area contributed by atoms with E-state index in [0.29, 0.717) is 0 Å². The van der Waals surface area contributed by atoms with Crippen LogP contribution >= 0.6 is 12.4 Å². The van der Waals surface area contributed by atoms with Crippen molar-refractivity contribution in [3.63, 3.8) is 0 Å². The van der Waals surface area contributed by atoms with Gasteiger partial charge in [-0.2, -0.15) is 0 Å². The fraction of sp³-hybridized carbons (Fsp3) is 0.632. The van der Waals surface area contributed by atoms with Gasteiger partial charge in [-0.1, -0.05) is 56.5 Å². The van der Waals surface area contributed by atoms with Crippen molar-refractivity contribution in [1.82, 2.24) is 4.90 Å². The highest BCUT2D eigenvalue weighted by atomic mass is 35.5. The van der Waals surface area contributed by atoms with E-state index in [0.717, 1.165) is 51.6 Å².